The van der Waals surface area contributed by atoms with Gasteiger partial charge in [-0.05, 0) is 19.8 Å². The molecule has 1 aliphatic heterocycles. The molecule has 2 heterocycles. The van der Waals surface area contributed by atoms with E-state index in [-0.39, 0.29) is 5.92 Å². The minimum Gasteiger partial charge on any atom is -0.363 e. The van der Waals surface area contributed by atoms with Crippen LogP contribution in [0.1, 0.15) is 18.7 Å². The van der Waals surface area contributed by atoms with E-state index in [4.69, 9.17) is 5.26 Å². The first kappa shape index (κ1) is 12.6. The van der Waals surface area contributed by atoms with Crippen LogP contribution in [0.5, 0.6) is 0 Å². The Balaban J connectivity index is 2.25. The second-order valence-electron chi connectivity index (χ2n) is 4.94. The third-order valence-electron chi connectivity index (χ3n) is 3.20. The summed E-state index contributed by atoms with van der Waals surface area (Å²) in [6.07, 6.45) is 2.05. The number of hydrogen-bond acceptors (Lipinski definition) is 5. The van der Waals surface area contributed by atoms with Crippen LogP contribution in [0.3, 0.4) is 0 Å². The molecular formula is C13H19N5. The molecule has 2 rings (SSSR count). The van der Waals surface area contributed by atoms with Crippen molar-refractivity contribution in [3.63, 3.8) is 0 Å². The number of nitrogens with zero attached hydrogens (tertiary/aromatic N) is 5. The molecule has 0 N–H and O–H groups in total. The number of aryl methyl sites for hydroxylation is 1. The van der Waals surface area contributed by atoms with Crippen LogP contribution in [0.4, 0.5) is 11.6 Å². The second kappa shape index (κ2) is 5.21. The van der Waals surface area contributed by atoms with E-state index in [1.165, 1.54) is 0 Å². The van der Waals surface area contributed by atoms with E-state index in [1.54, 1.807) is 0 Å². The van der Waals surface area contributed by atoms with Crippen molar-refractivity contribution < 1.29 is 0 Å². The summed E-state index contributed by atoms with van der Waals surface area (Å²) < 4.78 is 0. The lowest BCUT2D eigenvalue weighted by Crippen LogP contribution is -2.35. The fourth-order valence-corrected chi connectivity index (χ4v) is 2.22. The van der Waals surface area contributed by atoms with E-state index < -0.39 is 0 Å². The SMILES string of the molecule is Cc1nc(N(C)C)cc(N2CCCC(C#N)C2)n1. The molecule has 0 aromatic carbocycles. The summed E-state index contributed by atoms with van der Waals surface area (Å²) in [4.78, 5) is 13.0. The molecular weight excluding hydrogens is 226 g/mol. The Labute approximate surface area is 108 Å². The molecule has 96 valence electrons. The molecule has 18 heavy (non-hydrogen) atoms. The van der Waals surface area contributed by atoms with Gasteiger partial charge in [0.15, 0.2) is 0 Å². The number of piperidine rings is 1. The Kier molecular flexibility index (Phi) is 3.66. The van der Waals surface area contributed by atoms with Crippen molar-refractivity contribution in [2.75, 3.05) is 37.0 Å². The van der Waals surface area contributed by atoms with Crippen LogP contribution in [-0.2, 0) is 0 Å². The van der Waals surface area contributed by atoms with E-state index >= 15 is 0 Å². The van der Waals surface area contributed by atoms with E-state index in [1.807, 2.05) is 32.0 Å². The lowest BCUT2D eigenvalue weighted by atomic mass is 10.00. The molecule has 0 bridgehead atoms. The minimum absolute atomic E-state index is 0.122. The number of aromatic nitrogens is 2. The summed E-state index contributed by atoms with van der Waals surface area (Å²) in [6.45, 7) is 3.66. The third kappa shape index (κ3) is 2.70. The molecule has 0 radical (unpaired) electrons. The summed E-state index contributed by atoms with van der Waals surface area (Å²) in [5.74, 6) is 2.75. The highest BCUT2D eigenvalue weighted by molar-refractivity contribution is 5.50. The molecule has 1 saturated heterocycles. The van der Waals surface area contributed by atoms with Crippen LogP contribution < -0.4 is 9.80 Å². The Hall–Kier alpha value is -1.83. The summed E-state index contributed by atoms with van der Waals surface area (Å²) in [5, 5.41) is 9.04. The van der Waals surface area contributed by atoms with Crippen molar-refractivity contribution in [2.24, 2.45) is 5.92 Å². The average Bonchev–Trinajstić information content (AvgIpc) is 2.38. The van der Waals surface area contributed by atoms with Gasteiger partial charge in [0.25, 0.3) is 0 Å². The third-order valence-corrected chi connectivity index (χ3v) is 3.20. The Morgan fingerprint density at radius 2 is 2.22 bits per heavy atom. The number of anilines is 2. The molecule has 1 aliphatic rings. The standard InChI is InChI=1S/C13H19N5/c1-10-15-12(17(2)3)7-13(16-10)18-6-4-5-11(8-14)9-18/h7,11H,4-6,9H2,1-3H3. The van der Waals surface area contributed by atoms with Crippen molar-refractivity contribution in [2.45, 2.75) is 19.8 Å². The van der Waals surface area contributed by atoms with Crippen molar-refractivity contribution in [1.82, 2.24) is 9.97 Å². The Morgan fingerprint density at radius 3 is 2.89 bits per heavy atom. The highest BCUT2D eigenvalue weighted by Gasteiger charge is 2.21. The molecule has 1 fully saturated rings. The minimum atomic E-state index is 0.122. The molecule has 5 nitrogen and oxygen atoms in total. The molecule has 1 aromatic rings. The van der Waals surface area contributed by atoms with Gasteiger partial charge >= 0.3 is 0 Å². The maximum Gasteiger partial charge on any atom is 0.134 e. The van der Waals surface area contributed by atoms with Gasteiger partial charge in [-0.1, -0.05) is 0 Å². The highest BCUT2D eigenvalue weighted by Crippen LogP contribution is 2.23. The van der Waals surface area contributed by atoms with Crippen molar-refractivity contribution in [3.8, 4) is 6.07 Å². The van der Waals surface area contributed by atoms with Crippen LogP contribution in [0.15, 0.2) is 6.07 Å². The van der Waals surface area contributed by atoms with E-state index in [2.05, 4.69) is 20.9 Å². The van der Waals surface area contributed by atoms with Gasteiger partial charge in [0.1, 0.15) is 17.5 Å². The van der Waals surface area contributed by atoms with Gasteiger partial charge in [0.05, 0.1) is 12.0 Å². The van der Waals surface area contributed by atoms with Crippen LogP contribution in [0, 0.1) is 24.2 Å². The van der Waals surface area contributed by atoms with Crippen LogP contribution in [-0.4, -0.2) is 37.2 Å². The molecule has 1 aromatic heterocycles. The van der Waals surface area contributed by atoms with Gasteiger partial charge in [-0.15, -0.1) is 0 Å². The van der Waals surface area contributed by atoms with Crippen molar-refractivity contribution >= 4 is 11.6 Å². The lowest BCUT2D eigenvalue weighted by Gasteiger charge is -2.31. The number of rotatable bonds is 2. The monoisotopic (exact) mass is 245 g/mol. The molecule has 0 aliphatic carbocycles. The fourth-order valence-electron chi connectivity index (χ4n) is 2.22. The first-order chi connectivity index (χ1) is 8.60. The van der Waals surface area contributed by atoms with Gasteiger partial charge < -0.3 is 9.80 Å². The lowest BCUT2D eigenvalue weighted by molar-refractivity contribution is 0.490. The second-order valence-corrected chi connectivity index (χ2v) is 4.94. The zero-order chi connectivity index (χ0) is 13.1. The zero-order valence-electron chi connectivity index (χ0n) is 11.2. The van der Waals surface area contributed by atoms with E-state index in [0.29, 0.717) is 0 Å². The van der Waals surface area contributed by atoms with Crippen molar-refractivity contribution in [1.29, 1.82) is 5.26 Å². The Bertz CT molecular complexity index is 463. The van der Waals surface area contributed by atoms with Crippen LogP contribution >= 0.6 is 0 Å². The molecule has 0 spiro atoms. The predicted molar refractivity (Wildman–Crippen MR) is 71.6 cm³/mol. The summed E-state index contributed by atoms with van der Waals surface area (Å²) in [6, 6.07) is 4.35. The van der Waals surface area contributed by atoms with Gasteiger partial charge in [0.2, 0.25) is 0 Å². The first-order valence-electron chi connectivity index (χ1n) is 6.27. The topological polar surface area (TPSA) is 56.1 Å². The fraction of sp³-hybridized carbons (Fsp3) is 0.615. The summed E-state index contributed by atoms with van der Waals surface area (Å²) >= 11 is 0. The molecule has 1 atom stereocenters. The predicted octanol–water partition coefficient (Wildman–Crippen LogP) is 1.59. The summed E-state index contributed by atoms with van der Waals surface area (Å²) in [7, 11) is 3.94. The molecule has 0 saturated carbocycles. The quantitative estimate of drug-likeness (QED) is 0.792. The maximum absolute atomic E-state index is 9.04. The number of nitriles is 1. The van der Waals surface area contributed by atoms with Gasteiger partial charge in [-0.25, -0.2) is 9.97 Å². The highest BCUT2D eigenvalue weighted by atomic mass is 15.2. The van der Waals surface area contributed by atoms with Crippen LogP contribution in [0.2, 0.25) is 0 Å². The van der Waals surface area contributed by atoms with Gasteiger partial charge in [-0.2, -0.15) is 5.26 Å². The Morgan fingerprint density at radius 1 is 1.44 bits per heavy atom. The molecule has 0 amide bonds. The molecule has 1 unspecified atom stereocenters. The summed E-state index contributed by atoms with van der Waals surface area (Å²) in [5.41, 5.74) is 0. The molecule has 5 heteroatoms. The first-order valence-corrected chi connectivity index (χ1v) is 6.27. The zero-order valence-corrected chi connectivity index (χ0v) is 11.2. The smallest absolute Gasteiger partial charge is 0.134 e. The maximum atomic E-state index is 9.04. The van der Waals surface area contributed by atoms with Gasteiger partial charge in [-0.3, -0.25) is 0 Å². The van der Waals surface area contributed by atoms with Crippen molar-refractivity contribution in [3.05, 3.63) is 11.9 Å². The largest absolute Gasteiger partial charge is 0.363 e. The van der Waals surface area contributed by atoms with E-state index in [0.717, 1.165) is 43.4 Å². The average molecular weight is 245 g/mol. The van der Waals surface area contributed by atoms with Crippen LogP contribution in [0.25, 0.3) is 0 Å². The normalized spacial score (nSPS) is 19.4. The van der Waals surface area contributed by atoms with E-state index in [9.17, 15) is 0 Å². The number of hydrogen-bond donors (Lipinski definition) is 0. The van der Waals surface area contributed by atoms with Gasteiger partial charge in [0, 0.05) is 33.3 Å².